The third-order valence-electron chi connectivity index (χ3n) is 4.89. The Morgan fingerprint density at radius 1 is 1.29 bits per heavy atom. The highest BCUT2D eigenvalue weighted by atomic mass is 32.1. The first-order valence-electron chi connectivity index (χ1n) is 7.36. The van der Waals surface area contributed by atoms with Gasteiger partial charge in [0.25, 0.3) is 5.91 Å². The van der Waals surface area contributed by atoms with Gasteiger partial charge in [0.15, 0.2) is 0 Å². The highest BCUT2D eigenvalue weighted by Crippen LogP contribution is 2.38. The predicted octanol–water partition coefficient (Wildman–Crippen LogP) is 2.85. The lowest BCUT2D eigenvalue weighted by molar-refractivity contribution is 0.0784. The summed E-state index contributed by atoms with van der Waals surface area (Å²) in [5, 5.41) is 0.805. The van der Waals surface area contributed by atoms with Gasteiger partial charge in [0.1, 0.15) is 5.82 Å². The van der Waals surface area contributed by atoms with E-state index in [0.29, 0.717) is 16.7 Å². The maximum Gasteiger partial charge on any atom is 0.263 e. The van der Waals surface area contributed by atoms with Crippen molar-refractivity contribution in [1.29, 1.82) is 0 Å². The third kappa shape index (κ3) is 2.15. The summed E-state index contributed by atoms with van der Waals surface area (Å²) < 4.78 is 14.2. The number of carbonyl (C=O) groups is 1. The summed E-state index contributed by atoms with van der Waals surface area (Å²) in [7, 11) is 0. The summed E-state index contributed by atoms with van der Waals surface area (Å²) in [6, 6.07) is 6.70. The van der Waals surface area contributed by atoms with Gasteiger partial charge in [-0.15, -0.1) is 11.3 Å². The van der Waals surface area contributed by atoms with Gasteiger partial charge in [-0.05, 0) is 54.3 Å². The van der Waals surface area contributed by atoms with E-state index in [1.54, 1.807) is 12.1 Å². The number of amides is 1. The molecule has 2 fully saturated rings. The Kier molecular flexibility index (Phi) is 3.01. The molecule has 0 spiro atoms. The molecule has 4 rings (SSSR count). The summed E-state index contributed by atoms with van der Waals surface area (Å²) in [4.78, 5) is 15.3. The van der Waals surface area contributed by atoms with Crippen molar-refractivity contribution in [2.45, 2.75) is 18.9 Å². The van der Waals surface area contributed by atoms with Gasteiger partial charge in [-0.25, -0.2) is 4.39 Å². The molecule has 0 radical (unpaired) electrons. The van der Waals surface area contributed by atoms with E-state index in [9.17, 15) is 9.18 Å². The molecule has 21 heavy (non-hydrogen) atoms. The number of hydrogen-bond acceptors (Lipinski definition) is 3. The monoisotopic (exact) mass is 304 g/mol. The van der Waals surface area contributed by atoms with Crippen molar-refractivity contribution in [3.8, 4) is 0 Å². The average molecular weight is 304 g/mol. The first kappa shape index (κ1) is 13.2. The van der Waals surface area contributed by atoms with Crippen molar-refractivity contribution in [3.05, 3.63) is 35.0 Å². The molecule has 2 N–H and O–H groups in total. The molecule has 1 aromatic carbocycles. The molecule has 3 nitrogen and oxygen atoms in total. The normalized spacial score (nSPS) is 28.3. The van der Waals surface area contributed by atoms with Crippen molar-refractivity contribution in [1.82, 2.24) is 4.90 Å². The molecule has 110 valence electrons. The van der Waals surface area contributed by atoms with E-state index in [-0.39, 0.29) is 17.8 Å². The molecular formula is C16H17FN2OS. The number of likely N-dealkylation sites (tertiary alicyclic amines) is 1. The van der Waals surface area contributed by atoms with Gasteiger partial charge in [-0.2, -0.15) is 0 Å². The molecular weight excluding hydrogens is 287 g/mol. The Morgan fingerprint density at radius 3 is 2.95 bits per heavy atom. The lowest BCUT2D eigenvalue weighted by Crippen LogP contribution is -2.33. The van der Waals surface area contributed by atoms with Crippen LogP contribution in [0.4, 0.5) is 4.39 Å². The Labute approximate surface area is 126 Å². The summed E-state index contributed by atoms with van der Waals surface area (Å²) in [6.07, 6.45) is 2.22. The van der Waals surface area contributed by atoms with Crippen LogP contribution in [0.5, 0.6) is 0 Å². The van der Waals surface area contributed by atoms with Crippen LogP contribution in [-0.2, 0) is 0 Å². The summed E-state index contributed by atoms with van der Waals surface area (Å²) in [5.41, 5.74) is 6.12. The number of halogens is 1. The van der Waals surface area contributed by atoms with Crippen LogP contribution in [0.2, 0.25) is 0 Å². The second-order valence-electron chi connectivity index (χ2n) is 6.17. The highest BCUT2D eigenvalue weighted by molar-refractivity contribution is 7.20. The first-order valence-corrected chi connectivity index (χ1v) is 8.17. The molecule has 2 aromatic rings. The van der Waals surface area contributed by atoms with Crippen molar-refractivity contribution in [3.63, 3.8) is 0 Å². The van der Waals surface area contributed by atoms with Crippen LogP contribution in [0, 0.1) is 17.7 Å². The van der Waals surface area contributed by atoms with Crippen LogP contribution in [0.1, 0.15) is 22.5 Å². The number of carbonyl (C=O) groups excluding carboxylic acids is 1. The molecule has 1 saturated carbocycles. The predicted molar refractivity (Wildman–Crippen MR) is 81.9 cm³/mol. The number of nitrogens with two attached hydrogens (primary N) is 1. The standard InChI is InChI=1S/C16H17FN2OS/c17-11-2-4-14-10(5-11)6-15(21-14)16(20)19-7-9-1-3-13(18)12(9)8-19/h2,4-6,9,12-13H,1,3,7-8,18H2. The molecule has 2 heterocycles. The highest BCUT2D eigenvalue weighted by Gasteiger charge is 2.42. The average Bonchev–Trinajstić information content (AvgIpc) is 3.13. The van der Waals surface area contributed by atoms with Crippen LogP contribution in [0.3, 0.4) is 0 Å². The number of fused-ring (bicyclic) bond motifs is 2. The molecule has 1 aliphatic heterocycles. The van der Waals surface area contributed by atoms with E-state index in [4.69, 9.17) is 5.73 Å². The maximum absolute atomic E-state index is 13.2. The zero-order chi connectivity index (χ0) is 14.6. The molecule has 1 aliphatic carbocycles. The lowest BCUT2D eigenvalue weighted by atomic mass is 9.98. The summed E-state index contributed by atoms with van der Waals surface area (Å²) >= 11 is 1.44. The topological polar surface area (TPSA) is 46.3 Å². The van der Waals surface area contributed by atoms with Gasteiger partial charge in [-0.1, -0.05) is 0 Å². The number of nitrogens with zero attached hydrogens (tertiary/aromatic N) is 1. The fourth-order valence-electron chi connectivity index (χ4n) is 3.75. The molecule has 1 amide bonds. The molecule has 0 bridgehead atoms. The van der Waals surface area contributed by atoms with Gasteiger partial charge in [0.05, 0.1) is 4.88 Å². The Hall–Kier alpha value is -1.46. The minimum absolute atomic E-state index is 0.0678. The fraction of sp³-hybridized carbons (Fsp3) is 0.438. The minimum Gasteiger partial charge on any atom is -0.337 e. The van der Waals surface area contributed by atoms with E-state index in [1.807, 2.05) is 4.90 Å². The van der Waals surface area contributed by atoms with Crippen molar-refractivity contribution in [2.24, 2.45) is 17.6 Å². The first-order chi connectivity index (χ1) is 10.1. The molecule has 3 atom stereocenters. The van der Waals surface area contributed by atoms with Crippen LogP contribution < -0.4 is 5.73 Å². The van der Waals surface area contributed by atoms with Gasteiger partial charge in [-0.3, -0.25) is 4.79 Å². The van der Waals surface area contributed by atoms with Crippen LogP contribution in [-0.4, -0.2) is 29.9 Å². The molecule has 5 heteroatoms. The van der Waals surface area contributed by atoms with Crippen molar-refractivity contribution in [2.75, 3.05) is 13.1 Å². The number of rotatable bonds is 1. The van der Waals surface area contributed by atoms with Gasteiger partial charge >= 0.3 is 0 Å². The van der Waals surface area contributed by atoms with Gasteiger partial charge in [0.2, 0.25) is 0 Å². The number of benzene rings is 1. The SMILES string of the molecule is NC1CCC2CN(C(=O)c3cc4cc(F)ccc4s3)CC12. The zero-order valence-electron chi connectivity index (χ0n) is 11.6. The van der Waals surface area contributed by atoms with E-state index in [2.05, 4.69) is 0 Å². The van der Waals surface area contributed by atoms with Crippen LogP contribution >= 0.6 is 11.3 Å². The van der Waals surface area contributed by atoms with Crippen LogP contribution in [0.15, 0.2) is 24.3 Å². The zero-order valence-corrected chi connectivity index (χ0v) is 12.4. The Balaban J connectivity index is 1.59. The summed E-state index contributed by atoms with van der Waals surface area (Å²) in [6.45, 7) is 1.59. The quantitative estimate of drug-likeness (QED) is 0.880. The van der Waals surface area contributed by atoms with E-state index in [0.717, 1.165) is 36.0 Å². The van der Waals surface area contributed by atoms with Gasteiger partial charge in [0, 0.05) is 23.8 Å². The Morgan fingerprint density at radius 2 is 2.14 bits per heavy atom. The largest absolute Gasteiger partial charge is 0.337 e. The van der Waals surface area contributed by atoms with Crippen molar-refractivity contribution < 1.29 is 9.18 Å². The van der Waals surface area contributed by atoms with E-state index in [1.165, 1.54) is 23.5 Å². The molecule has 2 aliphatic rings. The fourth-order valence-corrected chi connectivity index (χ4v) is 4.76. The maximum atomic E-state index is 13.2. The molecule has 1 aromatic heterocycles. The van der Waals surface area contributed by atoms with Gasteiger partial charge < -0.3 is 10.6 Å². The van der Waals surface area contributed by atoms with Crippen LogP contribution in [0.25, 0.3) is 10.1 Å². The van der Waals surface area contributed by atoms with E-state index >= 15 is 0 Å². The molecule has 1 saturated heterocycles. The third-order valence-corrected chi connectivity index (χ3v) is 5.99. The number of hydrogen-bond donors (Lipinski definition) is 1. The second kappa shape index (κ2) is 4.78. The summed E-state index contributed by atoms with van der Waals surface area (Å²) in [5.74, 6) is 0.829. The Bertz CT molecular complexity index is 713. The smallest absolute Gasteiger partial charge is 0.263 e. The second-order valence-corrected chi connectivity index (χ2v) is 7.25. The lowest BCUT2D eigenvalue weighted by Gasteiger charge is -2.17. The van der Waals surface area contributed by atoms with E-state index < -0.39 is 0 Å². The molecule has 3 unspecified atom stereocenters. The van der Waals surface area contributed by atoms with Crippen molar-refractivity contribution >= 4 is 27.3 Å². The number of thiophene rings is 1. The minimum atomic E-state index is -0.263.